The highest BCUT2D eigenvalue weighted by Gasteiger charge is 2.41. The Kier molecular flexibility index (Phi) is 4.42. The van der Waals surface area contributed by atoms with E-state index in [1.54, 1.807) is 16.2 Å². The van der Waals surface area contributed by atoms with Crippen molar-refractivity contribution in [3.63, 3.8) is 0 Å². The quantitative estimate of drug-likeness (QED) is 0.732. The maximum Gasteiger partial charge on any atom is 0.325 e. The second-order valence-corrected chi connectivity index (χ2v) is 6.21. The molecular formula is C13H19N3O3S. The van der Waals surface area contributed by atoms with Gasteiger partial charge in [-0.05, 0) is 24.8 Å². The average Bonchev–Trinajstić information content (AvgIpc) is 2.99. The standard InChI is InChI=1S/C13H19N3O3S/c1-9(10-3-2-6-20-10)15-11(17)7-16-5-4-13(14,8-16)12(18)19/h2-3,6,9H,4-5,7-8,14H2,1H3,(H,15,17)(H,18,19). The van der Waals surface area contributed by atoms with Crippen LogP contribution >= 0.6 is 11.3 Å². The Morgan fingerprint density at radius 3 is 2.95 bits per heavy atom. The first-order chi connectivity index (χ1) is 9.40. The Morgan fingerprint density at radius 2 is 2.40 bits per heavy atom. The van der Waals surface area contributed by atoms with E-state index in [0.29, 0.717) is 13.0 Å². The van der Waals surface area contributed by atoms with Crippen LogP contribution in [0.1, 0.15) is 24.3 Å². The fraction of sp³-hybridized carbons (Fsp3) is 0.538. The molecule has 0 aliphatic carbocycles. The number of carbonyl (C=O) groups is 2. The van der Waals surface area contributed by atoms with E-state index in [1.165, 1.54) is 0 Å². The maximum atomic E-state index is 11.9. The van der Waals surface area contributed by atoms with E-state index in [1.807, 2.05) is 24.4 Å². The fourth-order valence-electron chi connectivity index (χ4n) is 2.32. The minimum atomic E-state index is -1.22. The summed E-state index contributed by atoms with van der Waals surface area (Å²) in [6, 6.07) is 3.88. The Morgan fingerprint density at radius 1 is 1.65 bits per heavy atom. The molecule has 1 aromatic rings. The van der Waals surface area contributed by atoms with E-state index in [4.69, 9.17) is 10.8 Å². The largest absolute Gasteiger partial charge is 0.480 e. The second kappa shape index (κ2) is 5.90. The Hall–Kier alpha value is -1.44. The van der Waals surface area contributed by atoms with Crippen LogP contribution in [0.15, 0.2) is 17.5 Å². The molecule has 0 spiro atoms. The van der Waals surface area contributed by atoms with Crippen molar-refractivity contribution in [1.82, 2.24) is 10.2 Å². The van der Waals surface area contributed by atoms with Gasteiger partial charge in [-0.15, -0.1) is 11.3 Å². The van der Waals surface area contributed by atoms with Gasteiger partial charge in [0.1, 0.15) is 5.54 Å². The number of nitrogens with zero attached hydrogens (tertiary/aromatic N) is 1. The number of thiophene rings is 1. The minimum absolute atomic E-state index is 0.0350. The van der Waals surface area contributed by atoms with Gasteiger partial charge in [-0.2, -0.15) is 0 Å². The molecule has 1 saturated heterocycles. The minimum Gasteiger partial charge on any atom is -0.480 e. The van der Waals surface area contributed by atoms with Crippen LogP contribution in [-0.2, 0) is 9.59 Å². The summed E-state index contributed by atoms with van der Waals surface area (Å²) >= 11 is 1.59. The Labute approximate surface area is 121 Å². The highest BCUT2D eigenvalue weighted by molar-refractivity contribution is 7.10. The van der Waals surface area contributed by atoms with Crippen molar-refractivity contribution in [3.05, 3.63) is 22.4 Å². The summed E-state index contributed by atoms with van der Waals surface area (Å²) in [6.45, 7) is 2.85. The van der Waals surface area contributed by atoms with Gasteiger partial charge in [0.2, 0.25) is 5.91 Å². The number of nitrogens with two attached hydrogens (primary N) is 1. The molecule has 0 bridgehead atoms. The third-order valence-corrected chi connectivity index (χ3v) is 4.58. The molecule has 2 unspecified atom stereocenters. The molecule has 1 amide bonds. The van der Waals surface area contributed by atoms with Gasteiger partial charge in [-0.1, -0.05) is 6.07 Å². The van der Waals surface area contributed by atoms with Crippen LogP contribution in [0.2, 0.25) is 0 Å². The summed E-state index contributed by atoms with van der Waals surface area (Å²) < 4.78 is 0. The number of aliphatic carboxylic acids is 1. The fourth-order valence-corrected chi connectivity index (χ4v) is 3.06. The molecule has 4 N–H and O–H groups in total. The van der Waals surface area contributed by atoms with Crippen LogP contribution in [0.3, 0.4) is 0 Å². The first kappa shape index (κ1) is 15.0. The lowest BCUT2D eigenvalue weighted by molar-refractivity contribution is -0.143. The van der Waals surface area contributed by atoms with Crippen molar-refractivity contribution in [1.29, 1.82) is 0 Å². The monoisotopic (exact) mass is 297 g/mol. The number of carboxylic acids is 1. The number of amides is 1. The zero-order valence-corrected chi connectivity index (χ0v) is 12.2. The van der Waals surface area contributed by atoms with Crippen LogP contribution in [0.4, 0.5) is 0 Å². The van der Waals surface area contributed by atoms with Crippen molar-refractivity contribution in [3.8, 4) is 0 Å². The lowest BCUT2D eigenvalue weighted by Gasteiger charge is -2.20. The van der Waals surface area contributed by atoms with E-state index < -0.39 is 11.5 Å². The van der Waals surface area contributed by atoms with E-state index in [2.05, 4.69) is 5.32 Å². The van der Waals surface area contributed by atoms with Gasteiger partial charge in [0.25, 0.3) is 0 Å². The number of rotatable bonds is 5. The molecule has 0 saturated carbocycles. The van der Waals surface area contributed by atoms with Gasteiger partial charge in [-0.25, -0.2) is 0 Å². The summed E-state index contributed by atoms with van der Waals surface area (Å²) in [6.07, 6.45) is 0.371. The first-order valence-electron chi connectivity index (χ1n) is 6.48. The number of nitrogens with one attached hydrogen (secondary N) is 1. The Bertz CT molecular complexity index is 491. The molecule has 1 aromatic heterocycles. The molecule has 6 nitrogen and oxygen atoms in total. The first-order valence-corrected chi connectivity index (χ1v) is 7.36. The topological polar surface area (TPSA) is 95.7 Å². The molecule has 7 heteroatoms. The number of carboxylic acid groups (broad SMARTS) is 1. The van der Waals surface area contributed by atoms with Crippen molar-refractivity contribution in [2.75, 3.05) is 19.6 Å². The molecule has 20 heavy (non-hydrogen) atoms. The van der Waals surface area contributed by atoms with E-state index >= 15 is 0 Å². The number of carbonyl (C=O) groups excluding carboxylic acids is 1. The van der Waals surface area contributed by atoms with Crippen LogP contribution in [0.5, 0.6) is 0 Å². The smallest absolute Gasteiger partial charge is 0.325 e. The second-order valence-electron chi connectivity index (χ2n) is 5.23. The molecular weight excluding hydrogens is 278 g/mol. The van der Waals surface area contributed by atoms with Gasteiger partial charge in [-0.3, -0.25) is 14.5 Å². The van der Waals surface area contributed by atoms with Gasteiger partial charge in [0.05, 0.1) is 12.6 Å². The highest BCUT2D eigenvalue weighted by atomic mass is 32.1. The van der Waals surface area contributed by atoms with Gasteiger partial charge >= 0.3 is 5.97 Å². The summed E-state index contributed by atoms with van der Waals surface area (Å²) in [7, 11) is 0. The van der Waals surface area contributed by atoms with Crippen LogP contribution in [-0.4, -0.2) is 47.1 Å². The van der Waals surface area contributed by atoms with Crippen LogP contribution < -0.4 is 11.1 Å². The van der Waals surface area contributed by atoms with Gasteiger partial charge in [0, 0.05) is 18.0 Å². The van der Waals surface area contributed by atoms with Crippen molar-refractivity contribution in [2.24, 2.45) is 5.73 Å². The van der Waals surface area contributed by atoms with E-state index in [9.17, 15) is 9.59 Å². The predicted octanol–water partition coefficient (Wildman–Crippen LogP) is 0.413. The molecule has 1 aliphatic heterocycles. The number of hydrogen-bond acceptors (Lipinski definition) is 5. The zero-order valence-electron chi connectivity index (χ0n) is 11.3. The molecule has 2 heterocycles. The molecule has 2 rings (SSSR count). The highest BCUT2D eigenvalue weighted by Crippen LogP contribution is 2.20. The summed E-state index contributed by atoms with van der Waals surface area (Å²) in [5.74, 6) is -1.12. The molecule has 0 radical (unpaired) electrons. The lowest BCUT2D eigenvalue weighted by Crippen LogP contribution is -2.50. The van der Waals surface area contributed by atoms with Crippen molar-refractivity contribution < 1.29 is 14.7 Å². The van der Waals surface area contributed by atoms with E-state index in [0.717, 1.165) is 4.88 Å². The van der Waals surface area contributed by atoms with Gasteiger partial charge in [0.15, 0.2) is 0 Å². The number of hydrogen-bond donors (Lipinski definition) is 3. The molecule has 0 aromatic carbocycles. The summed E-state index contributed by atoms with van der Waals surface area (Å²) in [4.78, 5) is 25.9. The van der Waals surface area contributed by atoms with Crippen molar-refractivity contribution in [2.45, 2.75) is 24.9 Å². The van der Waals surface area contributed by atoms with Crippen LogP contribution in [0.25, 0.3) is 0 Å². The normalized spacial score (nSPS) is 24.5. The maximum absolute atomic E-state index is 11.9. The predicted molar refractivity (Wildman–Crippen MR) is 76.5 cm³/mol. The molecule has 1 aliphatic rings. The molecule has 110 valence electrons. The SMILES string of the molecule is CC(NC(=O)CN1CCC(N)(C(=O)O)C1)c1cccs1. The van der Waals surface area contributed by atoms with E-state index in [-0.39, 0.29) is 25.0 Å². The molecule has 2 atom stereocenters. The number of likely N-dealkylation sites (tertiary alicyclic amines) is 1. The third kappa shape index (κ3) is 3.36. The lowest BCUT2D eigenvalue weighted by atomic mass is 10.0. The van der Waals surface area contributed by atoms with Gasteiger partial charge < -0.3 is 16.2 Å². The molecule has 1 fully saturated rings. The van der Waals surface area contributed by atoms with Crippen molar-refractivity contribution >= 4 is 23.2 Å². The van der Waals surface area contributed by atoms with Crippen LogP contribution in [0, 0.1) is 0 Å². The average molecular weight is 297 g/mol. The Balaban J connectivity index is 1.83. The zero-order chi connectivity index (χ0) is 14.8. The summed E-state index contributed by atoms with van der Waals surface area (Å²) in [5, 5.41) is 13.9. The third-order valence-electron chi connectivity index (χ3n) is 3.52. The summed E-state index contributed by atoms with van der Waals surface area (Å²) in [5.41, 5.74) is 4.55.